The average molecular weight is 267 g/mol. The topological polar surface area (TPSA) is 29.1 Å². The molecule has 1 N–H and O–H groups in total. The number of hydrogen-bond donors (Lipinski definition) is 1. The van der Waals surface area contributed by atoms with Crippen LogP contribution in [0.2, 0.25) is 0 Å². The average Bonchev–Trinajstić information content (AvgIpc) is 2.60. The van der Waals surface area contributed by atoms with E-state index in [2.05, 4.69) is 5.32 Å². The molecule has 0 bridgehead atoms. The molecule has 3 rings (SSSR count). The number of anilines is 1. The van der Waals surface area contributed by atoms with E-state index in [9.17, 15) is 4.79 Å². The fraction of sp³-hybridized carbons (Fsp3) is 0.0625. The van der Waals surface area contributed by atoms with Crippen LogP contribution in [-0.4, -0.2) is 11.7 Å². The van der Waals surface area contributed by atoms with E-state index >= 15 is 0 Å². The summed E-state index contributed by atoms with van der Waals surface area (Å²) < 4.78 is 0. The van der Waals surface area contributed by atoms with E-state index in [1.54, 1.807) is 11.8 Å². The Balaban J connectivity index is 1.91. The van der Waals surface area contributed by atoms with Crippen LogP contribution in [0.5, 0.6) is 0 Å². The van der Waals surface area contributed by atoms with Crippen LogP contribution in [0.15, 0.2) is 65.1 Å². The molecule has 0 unspecified atom stereocenters. The van der Waals surface area contributed by atoms with Gasteiger partial charge in [-0.05, 0) is 23.8 Å². The first-order valence-electron chi connectivity index (χ1n) is 6.12. The van der Waals surface area contributed by atoms with Crippen LogP contribution in [-0.2, 0) is 4.79 Å². The number of hydrogen-bond acceptors (Lipinski definition) is 2. The van der Waals surface area contributed by atoms with Crippen molar-refractivity contribution < 1.29 is 4.79 Å². The van der Waals surface area contributed by atoms with Gasteiger partial charge in [-0.25, -0.2) is 0 Å². The Morgan fingerprint density at radius 1 is 1.00 bits per heavy atom. The molecule has 1 aliphatic rings. The van der Waals surface area contributed by atoms with E-state index in [-0.39, 0.29) is 5.91 Å². The second-order valence-electron chi connectivity index (χ2n) is 4.32. The Kier molecular flexibility index (Phi) is 3.38. The van der Waals surface area contributed by atoms with Crippen molar-refractivity contribution in [3.8, 4) is 0 Å². The van der Waals surface area contributed by atoms with E-state index in [1.807, 2.05) is 60.7 Å². The minimum absolute atomic E-state index is 0.0127. The molecular weight excluding hydrogens is 254 g/mol. The molecule has 2 aromatic rings. The van der Waals surface area contributed by atoms with E-state index in [1.165, 1.54) is 0 Å². The molecule has 0 aliphatic carbocycles. The molecule has 0 spiro atoms. The normalized spacial score (nSPS) is 16.6. The summed E-state index contributed by atoms with van der Waals surface area (Å²) in [5.74, 6) is 0.680. The third-order valence-electron chi connectivity index (χ3n) is 2.95. The second kappa shape index (κ2) is 5.33. The van der Waals surface area contributed by atoms with Gasteiger partial charge in [-0.15, -0.1) is 11.8 Å². The smallest absolute Gasteiger partial charge is 0.252 e. The van der Waals surface area contributed by atoms with Crippen molar-refractivity contribution >= 4 is 29.4 Å². The molecule has 1 heterocycles. The van der Waals surface area contributed by atoms with Crippen molar-refractivity contribution in [1.29, 1.82) is 0 Å². The van der Waals surface area contributed by atoms with Crippen LogP contribution in [0.3, 0.4) is 0 Å². The Morgan fingerprint density at radius 2 is 1.74 bits per heavy atom. The highest BCUT2D eigenvalue weighted by molar-refractivity contribution is 7.99. The first-order chi connectivity index (χ1) is 9.33. The molecule has 19 heavy (non-hydrogen) atoms. The highest BCUT2D eigenvalue weighted by Gasteiger charge is 2.17. The van der Waals surface area contributed by atoms with Gasteiger partial charge >= 0.3 is 0 Å². The minimum atomic E-state index is -0.0127. The quantitative estimate of drug-likeness (QED) is 0.796. The summed E-state index contributed by atoms with van der Waals surface area (Å²) in [4.78, 5) is 13.3. The summed E-state index contributed by atoms with van der Waals surface area (Å²) >= 11 is 1.69. The maximum Gasteiger partial charge on any atom is 0.252 e. The highest BCUT2D eigenvalue weighted by Crippen LogP contribution is 2.32. The lowest BCUT2D eigenvalue weighted by Crippen LogP contribution is -2.13. The minimum Gasteiger partial charge on any atom is -0.321 e. The molecule has 2 nitrogen and oxygen atoms in total. The van der Waals surface area contributed by atoms with Crippen molar-refractivity contribution in [2.24, 2.45) is 0 Å². The molecule has 3 heteroatoms. The molecule has 0 saturated carbocycles. The maximum atomic E-state index is 12.2. The lowest BCUT2D eigenvalue weighted by molar-refractivity contribution is -0.112. The van der Waals surface area contributed by atoms with Gasteiger partial charge in [-0.1, -0.05) is 42.5 Å². The Labute approximate surface area is 116 Å². The third-order valence-corrected chi connectivity index (χ3v) is 4.07. The standard InChI is InChI=1S/C16H13NOS/c18-16-13(10-12-6-2-1-3-7-12)11-19-15-9-5-4-8-14(15)17-16/h1-10H,11H2,(H,17,18)/b13-10-. The van der Waals surface area contributed by atoms with Crippen LogP contribution in [0, 0.1) is 0 Å². The van der Waals surface area contributed by atoms with Crippen LogP contribution in [0.1, 0.15) is 5.56 Å². The van der Waals surface area contributed by atoms with Crippen LogP contribution in [0.4, 0.5) is 5.69 Å². The van der Waals surface area contributed by atoms with Gasteiger partial charge in [-0.2, -0.15) is 0 Å². The number of fused-ring (bicyclic) bond motifs is 1. The summed E-state index contributed by atoms with van der Waals surface area (Å²) in [7, 11) is 0. The molecular formula is C16H13NOS. The molecule has 0 aromatic heterocycles. The predicted octanol–water partition coefficient (Wildman–Crippen LogP) is 3.81. The highest BCUT2D eigenvalue weighted by atomic mass is 32.2. The Hall–Kier alpha value is -2.00. The van der Waals surface area contributed by atoms with E-state index in [0.717, 1.165) is 21.7 Å². The SMILES string of the molecule is O=C1Nc2ccccc2SC/C1=C/c1ccccc1. The Bertz CT molecular complexity index is 634. The summed E-state index contributed by atoms with van der Waals surface area (Å²) in [6.07, 6.45) is 1.95. The van der Waals surface area contributed by atoms with Gasteiger partial charge < -0.3 is 5.32 Å². The Morgan fingerprint density at radius 3 is 2.58 bits per heavy atom. The number of amides is 1. The van der Waals surface area contributed by atoms with Crippen molar-refractivity contribution in [2.75, 3.05) is 11.1 Å². The first-order valence-corrected chi connectivity index (χ1v) is 7.10. The number of carbonyl (C=O) groups is 1. The van der Waals surface area contributed by atoms with Crippen molar-refractivity contribution in [2.45, 2.75) is 4.90 Å². The molecule has 0 fully saturated rings. The second-order valence-corrected chi connectivity index (χ2v) is 5.34. The molecule has 1 amide bonds. The summed E-state index contributed by atoms with van der Waals surface area (Å²) in [5, 5.41) is 2.96. The predicted molar refractivity (Wildman–Crippen MR) is 80.2 cm³/mol. The monoisotopic (exact) mass is 267 g/mol. The zero-order valence-corrected chi connectivity index (χ0v) is 11.1. The van der Waals surface area contributed by atoms with Crippen molar-refractivity contribution in [3.63, 3.8) is 0 Å². The van der Waals surface area contributed by atoms with Crippen LogP contribution < -0.4 is 5.32 Å². The summed E-state index contributed by atoms with van der Waals surface area (Å²) in [6.45, 7) is 0. The van der Waals surface area contributed by atoms with Gasteiger partial charge in [0.15, 0.2) is 0 Å². The number of rotatable bonds is 1. The molecule has 94 valence electrons. The fourth-order valence-electron chi connectivity index (χ4n) is 1.98. The van der Waals surface area contributed by atoms with E-state index in [4.69, 9.17) is 0 Å². The lowest BCUT2D eigenvalue weighted by Gasteiger charge is -2.04. The van der Waals surface area contributed by atoms with Crippen LogP contribution in [0.25, 0.3) is 6.08 Å². The van der Waals surface area contributed by atoms with Gasteiger partial charge in [0.25, 0.3) is 5.91 Å². The molecule has 2 aromatic carbocycles. The lowest BCUT2D eigenvalue weighted by atomic mass is 10.1. The van der Waals surface area contributed by atoms with Gasteiger partial charge in [0.1, 0.15) is 0 Å². The van der Waals surface area contributed by atoms with Gasteiger partial charge in [0, 0.05) is 16.2 Å². The van der Waals surface area contributed by atoms with Gasteiger partial charge in [0.2, 0.25) is 0 Å². The number of benzene rings is 2. The summed E-state index contributed by atoms with van der Waals surface area (Å²) in [6, 6.07) is 17.8. The molecule has 0 radical (unpaired) electrons. The number of para-hydroxylation sites is 1. The van der Waals surface area contributed by atoms with Gasteiger partial charge in [0.05, 0.1) is 5.69 Å². The first kappa shape index (κ1) is 12.1. The molecule has 0 atom stereocenters. The van der Waals surface area contributed by atoms with Crippen LogP contribution >= 0.6 is 11.8 Å². The number of nitrogens with one attached hydrogen (secondary N) is 1. The molecule has 0 saturated heterocycles. The zero-order valence-electron chi connectivity index (χ0n) is 10.3. The van der Waals surface area contributed by atoms with Crippen molar-refractivity contribution in [3.05, 3.63) is 65.7 Å². The zero-order chi connectivity index (χ0) is 13.1. The van der Waals surface area contributed by atoms with Crippen molar-refractivity contribution in [1.82, 2.24) is 0 Å². The maximum absolute atomic E-state index is 12.2. The fourth-order valence-corrected chi connectivity index (χ4v) is 2.95. The number of carbonyl (C=O) groups excluding carboxylic acids is 1. The molecule has 1 aliphatic heterocycles. The largest absolute Gasteiger partial charge is 0.321 e. The number of thioether (sulfide) groups is 1. The van der Waals surface area contributed by atoms with E-state index in [0.29, 0.717) is 5.75 Å². The summed E-state index contributed by atoms with van der Waals surface area (Å²) in [5.41, 5.74) is 2.75. The third kappa shape index (κ3) is 2.71. The van der Waals surface area contributed by atoms with Gasteiger partial charge in [-0.3, -0.25) is 4.79 Å². The van der Waals surface area contributed by atoms with E-state index < -0.39 is 0 Å².